The van der Waals surface area contributed by atoms with Crippen LogP contribution in [0.5, 0.6) is 0 Å². The summed E-state index contributed by atoms with van der Waals surface area (Å²) in [6, 6.07) is 0.468. The highest BCUT2D eigenvalue weighted by atomic mass is 16.3. The lowest BCUT2D eigenvalue weighted by molar-refractivity contribution is 0.0880. The third-order valence-electron chi connectivity index (χ3n) is 5.38. The van der Waals surface area contributed by atoms with Crippen molar-refractivity contribution >= 4 is 0 Å². The van der Waals surface area contributed by atoms with Gasteiger partial charge < -0.3 is 21.1 Å². The predicted molar refractivity (Wildman–Crippen MR) is 83.7 cm³/mol. The average molecular weight is 283 g/mol. The van der Waals surface area contributed by atoms with E-state index in [0.29, 0.717) is 18.6 Å². The van der Waals surface area contributed by atoms with Crippen LogP contribution in [0.25, 0.3) is 0 Å². The first kappa shape index (κ1) is 16.2. The van der Waals surface area contributed by atoms with E-state index in [4.69, 9.17) is 5.73 Å². The number of nitrogens with one attached hydrogen (secondary N) is 1. The van der Waals surface area contributed by atoms with Gasteiger partial charge in [0.05, 0.1) is 0 Å². The Balaban J connectivity index is 1.91. The molecular weight excluding hydrogens is 250 g/mol. The van der Waals surface area contributed by atoms with Gasteiger partial charge in [0, 0.05) is 24.7 Å². The molecule has 0 radical (unpaired) electrons. The van der Waals surface area contributed by atoms with Crippen molar-refractivity contribution in [2.45, 2.75) is 63.5 Å². The highest BCUT2D eigenvalue weighted by Crippen LogP contribution is 2.29. The molecule has 4 nitrogen and oxygen atoms in total. The van der Waals surface area contributed by atoms with Gasteiger partial charge in [-0.2, -0.15) is 0 Å². The van der Waals surface area contributed by atoms with Crippen molar-refractivity contribution in [3.8, 4) is 0 Å². The first-order chi connectivity index (χ1) is 9.73. The number of hydrogen-bond acceptors (Lipinski definition) is 4. The second-order valence-corrected chi connectivity index (χ2v) is 6.80. The van der Waals surface area contributed by atoms with Crippen LogP contribution in [0.2, 0.25) is 0 Å². The second kappa shape index (κ2) is 7.74. The lowest BCUT2D eigenvalue weighted by Gasteiger charge is -2.46. The van der Waals surface area contributed by atoms with E-state index in [2.05, 4.69) is 17.1 Å². The summed E-state index contributed by atoms with van der Waals surface area (Å²) in [5, 5.41) is 13.5. The van der Waals surface area contributed by atoms with Gasteiger partial charge in [-0.3, -0.25) is 0 Å². The molecule has 4 heteroatoms. The number of aliphatic hydroxyl groups excluding tert-OH is 1. The van der Waals surface area contributed by atoms with Crippen molar-refractivity contribution in [1.29, 1.82) is 0 Å². The van der Waals surface area contributed by atoms with Crippen LogP contribution >= 0.6 is 0 Å². The molecule has 0 bridgehead atoms. The molecule has 0 aromatic rings. The Morgan fingerprint density at radius 2 is 1.95 bits per heavy atom. The standard InChI is InChI=1S/C16H33N3O/c1-2-9-19-10-7-16(13-17,8-11-19)18-15-6-4-3-5-14(15)12-20/h14-15,18,20H,2-13,17H2,1H3. The van der Waals surface area contributed by atoms with Crippen LogP contribution in [0.4, 0.5) is 0 Å². The van der Waals surface area contributed by atoms with E-state index < -0.39 is 0 Å². The smallest absolute Gasteiger partial charge is 0.0474 e. The van der Waals surface area contributed by atoms with Gasteiger partial charge in [-0.05, 0) is 57.7 Å². The summed E-state index contributed by atoms with van der Waals surface area (Å²) in [6.45, 7) is 6.82. The zero-order chi connectivity index (χ0) is 14.4. The summed E-state index contributed by atoms with van der Waals surface area (Å²) in [4.78, 5) is 2.56. The molecule has 20 heavy (non-hydrogen) atoms. The molecule has 2 fully saturated rings. The van der Waals surface area contributed by atoms with E-state index in [1.165, 1.54) is 32.2 Å². The molecule has 2 unspecified atom stereocenters. The maximum absolute atomic E-state index is 9.58. The van der Waals surface area contributed by atoms with Crippen LogP contribution in [-0.2, 0) is 0 Å². The molecule has 118 valence electrons. The van der Waals surface area contributed by atoms with Gasteiger partial charge in [-0.25, -0.2) is 0 Å². The van der Waals surface area contributed by atoms with Crippen molar-refractivity contribution in [3.05, 3.63) is 0 Å². The van der Waals surface area contributed by atoms with Crippen LogP contribution in [0.15, 0.2) is 0 Å². The summed E-state index contributed by atoms with van der Waals surface area (Å²) in [5.41, 5.74) is 6.23. The van der Waals surface area contributed by atoms with E-state index >= 15 is 0 Å². The Morgan fingerprint density at radius 1 is 1.25 bits per heavy atom. The number of nitrogens with zero attached hydrogens (tertiary/aromatic N) is 1. The highest BCUT2D eigenvalue weighted by molar-refractivity contribution is 4.98. The lowest BCUT2D eigenvalue weighted by Crippen LogP contribution is -2.62. The van der Waals surface area contributed by atoms with Crippen LogP contribution in [-0.4, -0.2) is 54.4 Å². The van der Waals surface area contributed by atoms with Gasteiger partial charge in [0.2, 0.25) is 0 Å². The molecule has 2 atom stereocenters. The van der Waals surface area contributed by atoms with E-state index in [1.54, 1.807) is 0 Å². The molecule has 0 spiro atoms. The molecule has 0 amide bonds. The Labute approximate surface area is 124 Å². The molecule has 1 saturated heterocycles. The number of hydrogen-bond donors (Lipinski definition) is 3. The van der Waals surface area contributed by atoms with Gasteiger partial charge in [0.25, 0.3) is 0 Å². The van der Waals surface area contributed by atoms with Crippen molar-refractivity contribution < 1.29 is 5.11 Å². The minimum Gasteiger partial charge on any atom is -0.396 e. The van der Waals surface area contributed by atoms with Gasteiger partial charge in [-0.1, -0.05) is 19.8 Å². The topological polar surface area (TPSA) is 61.5 Å². The molecule has 2 rings (SSSR count). The summed E-state index contributed by atoms with van der Waals surface area (Å²) in [6.07, 6.45) is 8.46. The van der Waals surface area contributed by atoms with Crippen molar-refractivity contribution in [1.82, 2.24) is 10.2 Å². The molecule has 4 N–H and O–H groups in total. The SMILES string of the molecule is CCCN1CCC(CN)(NC2CCCCC2CO)CC1. The third-order valence-corrected chi connectivity index (χ3v) is 5.38. The number of rotatable bonds is 6. The maximum atomic E-state index is 9.58. The average Bonchev–Trinajstić information content (AvgIpc) is 2.50. The fraction of sp³-hybridized carbons (Fsp3) is 1.00. The molecule has 1 aliphatic heterocycles. The molecule has 0 aromatic heterocycles. The van der Waals surface area contributed by atoms with Gasteiger partial charge in [0.15, 0.2) is 0 Å². The first-order valence-electron chi connectivity index (χ1n) is 8.54. The fourth-order valence-electron chi connectivity index (χ4n) is 3.94. The third kappa shape index (κ3) is 3.94. The highest BCUT2D eigenvalue weighted by Gasteiger charge is 2.37. The lowest BCUT2D eigenvalue weighted by atomic mass is 9.80. The van der Waals surface area contributed by atoms with Gasteiger partial charge in [0.1, 0.15) is 0 Å². The predicted octanol–water partition coefficient (Wildman–Crippen LogP) is 1.33. The van der Waals surface area contributed by atoms with E-state index in [0.717, 1.165) is 38.9 Å². The Morgan fingerprint density at radius 3 is 2.55 bits per heavy atom. The van der Waals surface area contributed by atoms with E-state index in [9.17, 15) is 5.11 Å². The fourth-order valence-corrected chi connectivity index (χ4v) is 3.94. The molecule has 2 aliphatic rings. The van der Waals surface area contributed by atoms with Gasteiger partial charge in [-0.15, -0.1) is 0 Å². The molecule has 0 aromatic carbocycles. The van der Waals surface area contributed by atoms with Crippen LogP contribution in [0.1, 0.15) is 51.9 Å². The van der Waals surface area contributed by atoms with E-state index in [-0.39, 0.29) is 5.54 Å². The van der Waals surface area contributed by atoms with Crippen molar-refractivity contribution in [2.75, 3.05) is 32.8 Å². The number of aliphatic hydroxyl groups is 1. The number of piperidine rings is 1. The first-order valence-corrected chi connectivity index (χ1v) is 8.54. The van der Waals surface area contributed by atoms with Crippen molar-refractivity contribution in [2.24, 2.45) is 11.7 Å². The maximum Gasteiger partial charge on any atom is 0.0474 e. The Bertz CT molecular complexity index is 277. The van der Waals surface area contributed by atoms with Gasteiger partial charge >= 0.3 is 0 Å². The monoisotopic (exact) mass is 283 g/mol. The zero-order valence-electron chi connectivity index (χ0n) is 13.1. The Kier molecular flexibility index (Phi) is 6.27. The van der Waals surface area contributed by atoms with Crippen LogP contribution in [0, 0.1) is 5.92 Å². The number of likely N-dealkylation sites (tertiary alicyclic amines) is 1. The summed E-state index contributed by atoms with van der Waals surface area (Å²) < 4.78 is 0. The van der Waals surface area contributed by atoms with E-state index in [1.807, 2.05) is 0 Å². The Hall–Kier alpha value is -0.160. The summed E-state index contributed by atoms with van der Waals surface area (Å²) >= 11 is 0. The van der Waals surface area contributed by atoms with Crippen LogP contribution < -0.4 is 11.1 Å². The summed E-state index contributed by atoms with van der Waals surface area (Å²) in [5.74, 6) is 0.431. The number of nitrogens with two attached hydrogens (primary N) is 1. The molecule has 1 saturated carbocycles. The molecule has 1 aliphatic carbocycles. The van der Waals surface area contributed by atoms with Crippen LogP contribution in [0.3, 0.4) is 0 Å². The minimum atomic E-state index is 0.111. The normalized spacial score (nSPS) is 31.4. The molecular formula is C16H33N3O. The largest absolute Gasteiger partial charge is 0.396 e. The van der Waals surface area contributed by atoms with Crippen molar-refractivity contribution in [3.63, 3.8) is 0 Å². The second-order valence-electron chi connectivity index (χ2n) is 6.80. The minimum absolute atomic E-state index is 0.111. The quantitative estimate of drug-likeness (QED) is 0.688. The summed E-state index contributed by atoms with van der Waals surface area (Å²) in [7, 11) is 0. The molecule has 1 heterocycles. The zero-order valence-corrected chi connectivity index (χ0v) is 13.1.